The summed E-state index contributed by atoms with van der Waals surface area (Å²) in [6, 6.07) is 9.39. The highest BCUT2D eigenvalue weighted by Gasteiger charge is 2.38. The van der Waals surface area contributed by atoms with Crippen LogP contribution in [0.3, 0.4) is 0 Å². The minimum Gasteiger partial charge on any atom is -0.488 e. The van der Waals surface area contributed by atoms with Crippen LogP contribution in [0, 0.1) is 18.7 Å². The molecule has 1 fully saturated rings. The number of rotatable bonds is 7. The molecule has 0 aliphatic carbocycles. The van der Waals surface area contributed by atoms with Crippen LogP contribution in [0.15, 0.2) is 35.7 Å². The van der Waals surface area contributed by atoms with Gasteiger partial charge in [-0.05, 0) is 90.1 Å². The summed E-state index contributed by atoms with van der Waals surface area (Å²) in [5.41, 5.74) is 3.53. The SMILES string of the molecule is CO[C@H]1CN(c2nc(-c3cccc(C)c3OCc3cc(F)c4c(c3)CCN(C(=O)OC(C)(C)C)C4)cs2)CC[C@H]1C(=O)OC(C)(C)C. The van der Waals surface area contributed by atoms with Gasteiger partial charge in [0.2, 0.25) is 0 Å². The molecule has 3 heterocycles. The predicted octanol–water partition coefficient (Wildman–Crippen LogP) is 7.31. The molecule has 2 aliphatic rings. The van der Waals surface area contributed by atoms with E-state index < -0.39 is 17.3 Å². The van der Waals surface area contributed by atoms with Crippen molar-refractivity contribution in [1.29, 1.82) is 0 Å². The number of aromatic nitrogens is 1. The number of amides is 1. The molecule has 0 saturated carbocycles. The van der Waals surface area contributed by atoms with Crippen molar-refractivity contribution in [1.82, 2.24) is 9.88 Å². The number of anilines is 1. The van der Waals surface area contributed by atoms with Crippen LogP contribution in [0.2, 0.25) is 0 Å². The molecule has 3 aromatic rings. The number of hydrogen-bond acceptors (Lipinski definition) is 9. The molecular weight excluding hydrogens is 621 g/mol. The Hall–Kier alpha value is -3.70. The smallest absolute Gasteiger partial charge is 0.410 e. The molecule has 0 spiro atoms. The van der Waals surface area contributed by atoms with Crippen molar-refractivity contribution in [3.8, 4) is 17.0 Å². The molecular formula is C36H46FN3O6S. The molecule has 254 valence electrons. The van der Waals surface area contributed by atoms with Crippen LogP contribution < -0.4 is 9.64 Å². The number of hydrogen-bond donors (Lipinski definition) is 0. The van der Waals surface area contributed by atoms with Crippen LogP contribution in [0.25, 0.3) is 11.3 Å². The van der Waals surface area contributed by atoms with E-state index in [2.05, 4.69) is 4.90 Å². The minimum atomic E-state index is -0.612. The van der Waals surface area contributed by atoms with E-state index in [1.807, 2.05) is 78.1 Å². The maximum absolute atomic E-state index is 15.3. The summed E-state index contributed by atoms with van der Waals surface area (Å²) < 4.78 is 38.6. The zero-order valence-corrected chi connectivity index (χ0v) is 29.5. The number of esters is 1. The lowest BCUT2D eigenvalue weighted by molar-refractivity contribution is -0.165. The largest absolute Gasteiger partial charge is 0.488 e. The van der Waals surface area contributed by atoms with Gasteiger partial charge in [-0.3, -0.25) is 4.79 Å². The van der Waals surface area contributed by atoms with Gasteiger partial charge in [-0.25, -0.2) is 14.2 Å². The average Bonchev–Trinajstić information content (AvgIpc) is 3.48. The zero-order chi connectivity index (χ0) is 34.1. The molecule has 2 aliphatic heterocycles. The Morgan fingerprint density at radius 2 is 1.81 bits per heavy atom. The summed E-state index contributed by atoms with van der Waals surface area (Å²) in [7, 11) is 1.63. The van der Waals surface area contributed by atoms with Gasteiger partial charge in [0.05, 0.1) is 24.3 Å². The number of aryl methyl sites for hydroxylation is 1. The number of nitrogens with zero attached hydrogens (tertiary/aromatic N) is 3. The van der Waals surface area contributed by atoms with Crippen molar-refractivity contribution in [3.05, 3.63) is 63.8 Å². The number of fused-ring (bicyclic) bond motifs is 1. The van der Waals surface area contributed by atoms with Crippen LogP contribution in [0.5, 0.6) is 5.75 Å². The van der Waals surface area contributed by atoms with E-state index in [0.29, 0.717) is 43.8 Å². The van der Waals surface area contributed by atoms with Gasteiger partial charge in [0, 0.05) is 43.3 Å². The molecule has 9 nitrogen and oxygen atoms in total. The molecule has 47 heavy (non-hydrogen) atoms. The number of halogens is 1. The van der Waals surface area contributed by atoms with Crippen molar-refractivity contribution in [2.24, 2.45) is 5.92 Å². The van der Waals surface area contributed by atoms with Crippen molar-refractivity contribution in [2.45, 2.75) is 91.8 Å². The fourth-order valence-electron chi connectivity index (χ4n) is 5.96. The average molecular weight is 668 g/mol. The van der Waals surface area contributed by atoms with Crippen molar-refractivity contribution < 1.29 is 32.9 Å². The van der Waals surface area contributed by atoms with Gasteiger partial charge in [0.1, 0.15) is 29.4 Å². The Bertz CT molecular complexity index is 1610. The molecule has 1 aromatic heterocycles. The normalized spacial score (nSPS) is 18.5. The second-order valence-electron chi connectivity index (χ2n) is 14.3. The maximum Gasteiger partial charge on any atom is 0.410 e. The fraction of sp³-hybridized carbons (Fsp3) is 0.528. The lowest BCUT2D eigenvalue weighted by atomic mass is 9.93. The minimum absolute atomic E-state index is 0.176. The second-order valence-corrected chi connectivity index (χ2v) is 15.1. The number of carbonyl (C=O) groups excluding carboxylic acids is 2. The van der Waals surface area contributed by atoms with Gasteiger partial charge < -0.3 is 28.7 Å². The van der Waals surface area contributed by atoms with E-state index in [0.717, 1.165) is 33.1 Å². The Morgan fingerprint density at radius 1 is 1.06 bits per heavy atom. The Balaban J connectivity index is 1.27. The van der Waals surface area contributed by atoms with Gasteiger partial charge >= 0.3 is 12.1 Å². The first-order valence-electron chi connectivity index (χ1n) is 16.1. The first-order valence-corrected chi connectivity index (χ1v) is 17.0. The van der Waals surface area contributed by atoms with E-state index in [4.69, 9.17) is 23.9 Å². The van der Waals surface area contributed by atoms with Crippen LogP contribution in [-0.4, -0.2) is 66.0 Å². The summed E-state index contributed by atoms with van der Waals surface area (Å²) in [6.07, 6.45) is 0.407. The predicted molar refractivity (Wildman–Crippen MR) is 180 cm³/mol. The van der Waals surface area contributed by atoms with Crippen LogP contribution >= 0.6 is 11.3 Å². The monoisotopic (exact) mass is 667 g/mol. The number of methoxy groups -OCH3 is 1. The van der Waals surface area contributed by atoms with E-state index in [9.17, 15) is 9.59 Å². The number of benzene rings is 2. The van der Waals surface area contributed by atoms with E-state index in [1.54, 1.807) is 12.0 Å². The van der Waals surface area contributed by atoms with Gasteiger partial charge in [0.15, 0.2) is 5.13 Å². The third-order valence-electron chi connectivity index (χ3n) is 8.20. The van der Waals surface area contributed by atoms with Crippen molar-refractivity contribution >= 4 is 28.5 Å². The molecule has 0 radical (unpaired) electrons. The number of para-hydroxylation sites is 1. The highest BCUT2D eigenvalue weighted by molar-refractivity contribution is 7.14. The molecule has 0 N–H and O–H groups in total. The van der Waals surface area contributed by atoms with Gasteiger partial charge in [0.25, 0.3) is 0 Å². The van der Waals surface area contributed by atoms with Gasteiger partial charge in [-0.15, -0.1) is 11.3 Å². The number of ether oxygens (including phenoxy) is 4. The summed E-state index contributed by atoms with van der Waals surface area (Å²) >= 11 is 1.54. The molecule has 1 amide bonds. The number of thiazole rings is 1. The summed E-state index contributed by atoms with van der Waals surface area (Å²) in [4.78, 5) is 34.1. The molecule has 5 rings (SSSR count). The highest BCUT2D eigenvalue weighted by atomic mass is 32.1. The summed E-state index contributed by atoms with van der Waals surface area (Å²) in [5.74, 6) is -0.221. The molecule has 1 saturated heterocycles. The van der Waals surface area contributed by atoms with Gasteiger partial charge in [-0.2, -0.15) is 0 Å². The third-order valence-corrected chi connectivity index (χ3v) is 9.11. The van der Waals surface area contributed by atoms with Gasteiger partial charge in [-0.1, -0.05) is 18.2 Å². The summed E-state index contributed by atoms with van der Waals surface area (Å²) in [6.45, 7) is 15.1. The molecule has 0 bridgehead atoms. The fourth-order valence-corrected chi connectivity index (χ4v) is 6.82. The van der Waals surface area contributed by atoms with E-state index in [-0.39, 0.29) is 37.0 Å². The number of piperidine rings is 1. The molecule has 0 unspecified atom stereocenters. The van der Waals surface area contributed by atoms with Crippen LogP contribution in [0.4, 0.5) is 14.3 Å². The highest BCUT2D eigenvalue weighted by Crippen LogP contribution is 2.38. The molecule has 2 atom stereocenters. The standard InChI is InChI=1S/C36H46FN3O6S/c1-22-10-9-11-25(29-21-47-33(38-29)39-15-13-26(30(19-39)43-8)32(41)45-35(2,3)4)31(22)44-20-23-16-24-12-14-40(18-27(24)28(37)17-23)34(42)46-36(5,6)7/h9-11,16-17,21,26,30H,12-15,18-20H2,1-8H3/t26-,30+/m1/s1. The Kier molecular flexibility index (Phi) is 10.2. The van der Waals surface area contributed by atoms with Crippen molar-refractivity contribution in [2.75, 3.05) is 31.6 Å². The van der Waals surface area contributed by atoms with Crippen LogP contribution in [-0.2, 0) is 38.6 Å². The number of carbonyl (C=O) groups is 2. The summed E-state index contributed by atoms with van der Waals surface area (Å²) in [5, 5.41) is 2.85. The third kappa shape index (κ3) is 8.43. The topological polar surface area (TPSA) is 90.4 Å². The van der Waals surface area contributed by atoms with Crippen LogP contribution in [0.1, 0.15) is 70.2 Å². The second kappa shape index (κ2) is 13.8. The Morgan fingerprint density at radius 3 is 2.51 bits per heavy atom. The molecule has 2 aromatic carbocycles. The maximum atomic E-state index is 15.3. The van der Waals surface area contributed by atoms with Crippen molar-refractivity contribution in [3.63, 3.8) is 0 Å². The lowest BCUT2D eigenvalue weighted by Crippen LogP contribution is -2.49. The van der Waals surface area contributed by atoms with E-state index >= 15 is 4.39 Å². The molecule has 11 heteroatoms. The zero-order valence-electron chi connectivity index (χ0n) is 28.6. The van der Waals surface area contributed by atoms with E-state index in [1.165, 1.54) is 17.4 Å². The quantitative estimate of drug-likeness (QED) is 0.242. The first-order chi connectivity index (χ1) is 22.1. The lowest BCUT2D eigenvalue weighted by Gasteiger charge is -2.37. The Labute approximate surface area is 281 Å². The first kappa shape index (κ1) is 34.6.